The maximum atomic E-state index is 13.9. The van der Waals surface area contributed by atoms with Crippen molar-refractivity contribution in [3.05, 3.63) is 106 Å². The minimum atomic E-state index is -0.576. The Labute approximate surface area is 215 Å². The number of benzene rings is 3. The van der Waals surface area contributed by atoms with Gasteiger partial charge in [-0.05, 0) is 61.4 Å². The maximum Gasteiger partial charge on any atom is 0.243 e. The van der Waals surface area contributed by atoms with Crippen LogP contribution in [-0.4, -0.2) is 28.8 Å². The molecule has 2 amide bonds. The number of hydrogen-bond donors (Lipinski definition) is 1. The van der Waals surface area contributed by atoms with Crippen LogP contribution < -0.4 is 5.32 Å². The molecule has 1 unspecified atom stereocenters. The van der Waals surface area contributed by atoms with E-state index in [1.807, 2.05) is 36.4 Å². The molecule has 0 aromatic heterocycles. The minimum Gasteiger partial charge on any atom is -0.352 e. The largest absolute Gasteiger partial charge is 0.352 e. The van der Waals surface area contributed by atoms with E-state index in [4.69, 9.17) is 0 Å². The van der Waals surface area contributed by atoms with E-state index in [2.05, 4.69) is 62.5 Å². The molecule has 1 atom stereocenters. The van der Waals surface area contributed by atoms with Crippen LogP contribution in [0.25, 0.3) is 0 Å². The van der Waals surface area contributed by atoms with Crippen molar-refractivity contribution in [3.63, 3.8) is 0 Å². The lowest BCUT2D eigenvalue weighted by Crippen LogP contribution is -2.52. The summed E-state index contributed by atoms with van der Waals surface area (Å²) in [7, 11) is 0. The molecule has 1 aliphatic carbocycles. The molecule has 3 aromatic rings. The molecule has 1 N–H and O–H groups in total. The molecule has 0 spiro atoms. The van der Waals surface area contributed by atoms with Gasteiger partial charge < -0.3 is 10.2 Å². The fraction of sp³-hybridized carbons (Fsp3) is 0.375. The summed E-state index contributed by atoms with van der Waals surface area (Å²) in [6.07, 6.45) is 5.08. The van der Waals surface area contributed by atoms with Crippen LogP contribution in [0.2, 0.25) is 0 Å². The van der Waals surface area contributed by atoms with E-state index in [0.717, 1.165) is 42.4 Å². The fourth-order valence-electron chi connectivity index (χ4n) is 5.00. The number of nitrogens with one attached hydrogen (secondary N) is 1. The van der Waals surface area contributed by atoms with E-state index >= 15 is 0 Å². The van der Waals surface area contributed by atoms with Crippen LogP contribution in [0.15, 0.2) is 72.8 Å². The molecule has 0 radical (unpaired) electrons. The standard InChI is InChI=1S/C32H38N2O2/c1-23-13-16-27(17-14-23)22-34(31(35)21-28-18-15-24(2)25(3)19-28)30(20-26-9-5-4-6-10-26)32(36)33-29-11-7-8-12-29/h4-6,9-10,13-19,29-30H,7-8,11-12,20-22H2,1-3H3,(H,33,36). The second kappa shape index (κ2) is 12.0. The average molecular weight is 483 g/mol. The topological polar surface area (TPSA) is 49.4 Å². The number of carbonyl (C=O) groups is 2. The van der Waals surface area contributed by atoms with E-state index in [0.29, 0.717) is 13.0 Å². The maximum absolute atomic E-state index is 13.9. The Bertz CT molecular complexity index is 1160. The molecule has 188 valence electrons. The van der Waals surface area contributed by atoms with Crippen LogP contribution in [0, 0.1) is 20.8 Å². The minimum absolute atomic E-state index is 0.0265. The van der Waals surface area contributed by atoms with Crippen LogP contribution in [0.4, 0.5) is 0 Å². The first-order chi connectivity index (χ1) is 17.4. The van der Waals surface area contributed by atoms with Gasteiger partial charge >= 0.3 is 0 Å². The molecule has 0 bridgehead atoms. The smallest absolute Gasteiger partial charge is 0.243 e. The molecule has 1 saturated carbocycles. The van der Waals surface area contributed by atoms with Gasteiger partial charge in [0.1, 0.15) is 6.04 Å². The highest BCUT2D eigenvalue weighted by Gasteiger charge is 2.32. The number of carbonyl (C=O) groups excluding carboxylic acids is 2. The predicted octanol–water partition coefficient (Wildman–Crippen LogP) is 5.85. The molecule has 1 aliphatic rings. The molecule has 4 rings (SSSR count). The molecule has 36 heavy (non-hydrogen) atoms. The molecule has 4 nitrogen and oxygen atoms in total. The second-order valence-corrected chi connectivity index (χ2v) is 10.3. The Kier molecular flexibility index (Phi) is 8.58. The molecule has 0 aliphatic heterocycles. The summed E-state index contributed by atoms with van der Waals surface area (Å²) >= 11 is 0. The molecule has 1 fully saturated rings. The Morgan fingerprint density at radius 1 is 0.833 bits per heavy atom. The van der Waals surface area contributed by atoms with Crippen molar-refractivity contribution < 1.29 is 9.59 Å². The van der Waals surface area contributed by atoms with E-state index in [1.165, 1.54) is 16.7 Å². The first kappa shape index (κ1) is 25.7. The fourth-order valence-corrected chi connectivity index (χ4v) is 5.00. The number of rotatable bonds is 9. The van der Waals surface area contributed by atoms with Gasteiger partial charge in [0.25, 0.3) is 0 Å². The Morgan fingerprint density at radius 3 is 2.17 bits per heavy atom. The third-order valence-corrected chi connectivity index (χ3v) is 7.37. The van der Waals surface area contributed by atoms with E-state index in [9.17, 15) is 9.59 Å². The van der Waals surface area contributed by atoms with Crippen LogP contribution in [0.3, 0.4) is 0 Å². The quantitative estimate of drug-likeness (QED) is 0.416. The highest BCUT2D eigenvalue weighted by molar-refractivity contribution is 5.89. The lowest BCUT2D eigenvalue weighted by Gasteiger charge is -2.32. The zero-order chi connectivity index (χ0) is 25.5. The van der Waals surface area contributed by atoms with Crippen LogP contribution >= 0.6 is 0 Å². The van der Waals surface area contributed by atoms with Gasteiger partial charge in [0.15, 0.2) is 0 Å². The highest BCUT2D eigenvalue weighted by atomic mass is 16.2. The SMILES string of the molecule is Cc1ccc(CN(C(=O)Cc2ccc(C)c(C)c2)C(Cc2ccccc2)C(=O)NC2CCCC2)cc1. The van der Waals surface area contributed by atoms with Gasteiger partial charge in [0.05, 0.1) is 6.42 Å². The summed E-state index contributed by atoms with van der Waals surface area (Å²) in [5, 5.41) is 3.28. The summed E-state index contributed by atoms with van der Waals surface area (Å²) in [4.78, 5) is 29.4. The number of hydrogen-bond acceptors (Lipinski definition) is 2. The van der Waals surface area contributed by atoms with Crippen molar-refractivity contribution in [3.8, 4) is 0 Å². The van der Waals surface area contributed by atoms with Crippen molar-refractivity contribution >= 4 is 11.8 Å². The first-order valence-electron chi connectivity index (χ1n) is 13.1. The van der Waals surface area contributed by atoms with Crippen molar-refractivity contribution in [2.45, 2.75) is 77.9 Å². The van der Waals surface area contributed by atoms with Crippen molar-refractivity contribution in [2.75, 3.05) is 0 Å². The molecule has 0 heterocycles. The number of nitrogens with zero attached hydrogens (tertiary/aromatic N) is 1. The monoisotopic (exact) mass is 482 g/mol. The van der Waals surface area contributed by atoms with Gasteiger partial charge in [0, 0.05) is 19.0 Å². The zero-order valence-corrected chi connectivity index (χ0v) is 21.8. The Hall–Kier alpha value is -3.40. The van der Waals surface area contributed by atoms with Gasteiger partial charge in [-0.2, -0.15) is 0 Å². The third kappa shape index (κ3) is 6.84. The van der Waals surface area contributed by atoms with Gasteiger partial charge in [-0.1, -0.05) is 91.2 Å². The summed E-state index contributed by atoms with van der Waals surface area (Å²) < 4.78 is 0. The molecule has 4 heteroatoms. The molecular formula is C32H38N2O2. The Morgan fingerprint density at radius 2 is 1.50 bits per heavy atom. The van der Waals surface area contributed by atoms with Crippen LogP contribution in [0.1, 0.15) is 59.1 Å². The zero-order valence-electron chi connectivity index (χ0n) is 21.8. The van der Waals surface area contributed by atoms with Crippen LogP contribution in [-0.2, 0) is 29.0 Å². The molecular weight excluding hydrogens is 444 g/mol. The average Bonchev–Trinajstić information content (AvgIpc) is 3.38. The second-order valence-electron chi connectivity index (χ2n) is 10.3. The van der Waals surface area contributed by atoms with Crippen LogP contribution in [0.5, 0.6) is 0 Å². The first-order valence-corrected chi connectivity index (χ1v) is 13.1. The van der Waals surface area contributed by atoms with E-state index in [-0.39, 0.29) is 24.3 Å². The van der Waals surface area contributed by atoms with Crippen molar-refractivity contribution in [1.82, 2.24) is 10.2 Å². The normalized spacial score (nSPS) is 14.4. The third-order valence-electron chi connectivity index (χ3n) is 7.37. The lowest BCUT2D eigenvalue weighted by atomic mass is 9.99. The van der Waals surface area contributed by atoms with Crippen molar-refractivity contribution in [2.24, 2.45) is 0 Å². The highest BCUT2D eigenvalue weighted by Crippen LogP contribution is 2.21. The summed E-state index contributed by atoms with van der Waals surface area (Å²) in [5.41, 5.74) is 6.61. The lowest BCUT2D eigenvalue weighted by molar-refractivity contribution is -0.141. The molecule has 0 saturated heterocycles. The summed E-state index contributed by atoms with van der Waals surface area (Å²) in [6.45, 7) is 6.60. The molecule has 3 aromatic carbocycles. The van der Waals surface area contributed by atoms with Gasteiger partial charge in [-0.3, -0.25) is 9.59 Å². The van der Waals surface area contributed by atoms with Crippen molar-refractivity contribution in [1.29, 1.82) is 0 Å². The summed E-state index contributed by atoms with van der Waals surface area (Å²) in [6, 6.07) is 24.1. The number of aryl methyl sites for hydroxylation is 3. The number of amides is 2. The van der Waals surface area contributed by atoms with Gasteiger partial charge in [-0.25, -0.2) is 0 Å². The van der Waals surface area contributed by atoms with Gasteiger partial charge in [0.2, 0.25) is 11.8 Å². The summed E-state index contributed by atoms with van der Waals surface area (Å²) in [5.74, 6) is -0.0763. The predicted molar refractivity (Wildman–Crippen MR) is 146 cm³/mol. The van der Waals surface area contributed by atoms with E-state index < -0.39 is 6.04 Å². The Balaban J connectivity index is 1.66. The van der Waals surface area contributed by atoms with Gasteiger partial charge in [-0.15, -0.1) is 0 Å². The van der Waals surface area contributed by atoms with E-state index in [1.54, 1.807) is 4.90 Å².